The summed E-state index contributed by atoms with van der Waals surface area (Å²) in [6.45, 7) is 10.5. The third kappa shape index (κ3) is 4.02. The van der Waals surface area contributed by atoms with Gasteiger partial charge >= 0.3 is 6.09 Å². The van der Waals surface area contributed by atoms with E-state index in [1.807, 2.05) is 20.8 Å². The minimum atomic E-state index is -0.944. The van der Waals surface area contributed by atoms with Crippen LogP contribution in [0.2, 0.25) is 0 Å². The molecule has 0 aromatic rings. The Morgan fingerprint density at radius 3 is 2.65 bits per heavy atom. The second-order valence-electron chi connectivity index (χ2n) is 5.09. The van der Waals surface area contributed by atoms with Crippen LogP contribution in [0.1, 0.15) is 20.8 Å². The van der Waals surface area contributed by atoms with Crippen LogP contribution in [0.15, 0.2) is 12.7 Å². The summed E-state index contributed by atoms with van der Waals surface area (Å²) in [6.07, 6.45) is 0.655. The Balaban J connectivity index is 2.71. The summed E-state index contributed by atoms with van der Waals surface area (Å²) in [5, 5.41) is 9.31. The van der Waals surface area contributed by atoms with E-state index in [1.54, 1.807) is 6.08 Å². The van der Waals surface area contributed by atoms with Gasteiger partial charge in [0.15, 0.2) is 0 Å². The van der Waals surface area contributed by atoms with Crippen LogP contribution in [0.3, 0.4) is 0 Å². The van der Waals surface area contributed by atoms with Gasteiger partial charge in [-0.3, -0.25) is 4.90 Å². The predicted octanol–water partition coefficient (Wildman–Crippen LogP) is 1.73. The van der Waals surface area contributed by atoms with Gasteiger partial charge in [0.05, 0.1) is 25.9 Å². The largest absolute Gasteiger partial charge is 0.465 e. The number of epoxide rings is 1. The number of hydrogen-bond acceptors (Lipinski definition) is 3. The van der Waals surface area contributed by atoms with Gasteiger partial charge in [0.25, 0.3) is 0 Å². The summed E-state index contributed by atoms with van der Waals surface area (Å²) >= 11 is 0. The average molecular weight is 243 g/mol. The molecule has 0 aromatic heterocycles. The number of ether oxygens (including phenoxy) is 2. The third-order valence-corrected chi connectivity index (χ3v) is 2.57. The van der Waals surface area contributed by atoms with E-state index in [4.69, 9.17) is 9.47 Å². The highest BCUT2D eigenvalue weighted by Gasteiger charge is 2.43. The number of carbonyl (C=O) groups is 1. The van der Waals surface area contributed by atoms with E-state index in [0.717, 1.165) is 0 Å². The first-order chi connectivity index (χ1) is 7.88. The van der Waals surface area contributed by atoms with E-state index in [-0.39, 0.29) is 12.1 Å². The van der Waals surface area contributed by atoms with Gasteiger partial charge in [-0.15, -0.1) is 6.58 Å². The van der Waals surface area contributed by atoms with Crippen molar-refractivity contribution in [2.24, 2.45) is 0 Å². The zero-order valence-electron chi connectivity index (χ0n) is 10.7. The summed E-state index contributed by atoms with van der Waals surface area (Å²) in [4.78, 5) is 12.8. The molecule has 1 rings (SSSR count). The van der Waals surface area contributed by atoms with Crippen LogP contribution in [-0.4, -0.2) is 53.6 Å². The molecule has 5 heteroatoms. The monoisotopic (exact) mass is 243 g/mol. The molecule has 5 nitrogen and oxygen atoms in total. The number of nitrogens with zero attached hydrogens (tertiary/aromatic N) is 1. The molecular formula is C12H21NO4. The molecule has 1 aliphatic heterocycles. The Morgan fingerprint density at radius 2 is 2.29 bits per heavy atom. The van der Waals surface area contributed by atoms with E-state index in [9.17, 15) is 9.90 Å². The van der Waals surface area contributed by atoms with Gasteiger partial charge < -0.3 is 14.6 Å². The van der Waals surface area contributed by atoms with Crippen molar-refractivity contribution in [1.29, 1.82) is 0 Å². The predicted molar refractivity (Wildman–Crippen MR) is 64.2 cm³/mol. The molecule has 1 saturated heterocycles. The van der Waals surface area contributed by atoms with E-state index >= 15 is 0 Å². The van der Waals surface area contributed by atoms with Crippen molar-refractivity contribution in [1.82, 2.24) is 4.90 Å². The zero-order valence-corrected chi connectivity index (χ0v) is 10.7. The maximum atomic E-state index is 11.3. The van der Waals surface area contributed by atoms with E-state index in [2.05, 4.69) is 6.58 Å². The zero-order chi connectivity index (χ0) is 13.1. The molecule has 0 radical (unpaired) electrons. The molecule has 0 aromatic carbocycles. The van der Waals surface area contributed by atoms with Crippen molar-refractivity contribution < 1.29 is 19.4 Å². The number of rotatable bonds is 6. The van der Waals surface area contributed by atoms with Gasteiger partial charge in [-0.1, -0.05) is 6.08 Å². The van der Waals surface area contributed by atoms with Crippen molar-refractivity contribution in [2.45, 2.75) is 38.5 Å². The van der Waals surface area contributed by atoms with Gasteiger partial charge in [0.1, 0.15) is 6.10 Å². The molecule has 98 valence electrons. The average Bonchev–Trinajstić information content (AvgIpc) is 2.96. The number of amides is 1. The maximum Gasteiger partial charge on any atom is 0.408 e. The van der Waals surface area contributed by atoms with Crippen molar-refractivity contribution in [3.05, 3.63) is 12.7 Å². The molecule has 0 aliphatic carbocycles. The lowest BCUT2D eigenvalue weighted by atomic mass is 10.0. The molecule has 1 heterocycles. The van der Waals surface area contributed by atoms with Crippen LogP contribution in [0.25, 0.3) is 0 Å². The van der Waals surface area contributed by atoms with Crippen molar-refractivity contribution in [2.75, 3.05) is 19.8 Å². The fourth-order valence-corrected chi connectivity index (χ4v) is 1.82. The summed E-state index contributed by atoms with van der Waals surface area (Å²) in [5.74, 6) is 0. The van der Waals surface area contributed by atoms with Gasteiger partial charge in [-0.25, -0.2) is 4.79 Å². The SMILES string of the molecule is C=CCOC[C@@H]([C@H]1CO1)N(C(=O)O)C(C)(C)C. The summed E-state index contributed by atoms with van der Waals surface area (Å²) in [7, 11) is 0. The van der Waals surface area contributed by atoms with Crippen molar-refractivity contribution in [3.63, 3.8) is 0 Å². The quantitative estimate of drug-likeness (QED) is 0.438. The van der Waals surface area contributed by atoms with Crippen LogP contribution in [-0.2, 0) is 9.47 Å². The van der Waals surface area contributed by atoms with E-state index < -0.39 is 11.6 Å². The van der Waals surface area contributed by atoms with Gasteiger partial charge in [0.2, 0.25) is 0 Å². The van der Waals surface area contributed by atoms with Crippen molar-refractivity contribution in [3.8, 4) is 0 Å². The molecule has 17 heavy (non-hydrogen) atoms. The molecule has 1 amide bonds. The Bertz CT molecular complexity index is 281. The van der Waals surface area contributed by atoms with Gasteiger partial charge in [-0.05, 0) is 20.8 Å². The minimum Gasteiger partial charge on any atom is -0.465 e. The highest BCUT2D eigenvalue weighted by Crippen LogP contribution is 2.26. The van der Waals surface area contributed by atoms with Gasteiger partial charge in [-0.2, -0.15) is 0 Å². The summed E-state index contributed by atoms with van der Waals surface area (Å²) in [6, 6.07) is -0.257. The smallest absolute Gasteiger partial charge is 0.408 e. The molecule has 2 atom stereocenters. The normalized spacial score (nSPS) is 20.8. The molecule has 0 bridgehead atoms. The third-order valence-electron chi connectivity index (χ3n) is 2.57. The first kappa shape index (κ1) is 14.0. The Labute approximate surface area is 102 Å². The van der Waals surface area contributed by atoms with E-state index in [1.165, 1.54) is 4.90 Å². The maximum absolute atomic E-state index is 11.3. The first-order valence-corrected chi connectivity index (χ1v) is 5.70. The molecule has 0 saturated carbocycles. The second kappa shape index (κ2) is 5.51. The molecule has 0 spiro atoms. The summed E-state index contributed by atoms with van der Waals surface area (Å²) < 4.78 is 10.6. The lowest BCUT2D eigenvalue weighted by Crippen LogP contribution is -2.55. The fourth-order valence-electron chi connectivity index (χ4n) is 1.82. The van der Waals surface area contributed by atoms with Gasteiger partial charge in [0, 0.05) is 5.54 Å². The van der Waals surface area contributed by atoms with Crippen LogP contribution >= 0.6 is 0 Å². The molecule has 1 aliphatic rings. The van der Waals surface area contributed by atoms with Crippen LogP contribution in [0.4, 0.5) is 4.79 Å². The second-order valence-corrected chi connectivity index (χ2v) is 5.09. The Kier molecular flexibility index (Phi) is 4.54. The lowest BCUT2D eigenvalue weighted by Gasteiger charge is -2.38. The fraction of sp³-hybridized carbons (Fsp3) is 0.750. The standard InChI is InChI=1S/C12H21NO4/c1-5-6-16-7-9(10-8-17-10)13(11(14)15)12(2,3)4/h5,9-10H,1,6-8H2,2-4H3,(H,14,15)/t9-,10+/m0/s1. The van der Waals surface area contributed by atoms with Crippen molar-refractivity contribution >= 4 is 6.09 Å². The molecule has 1 fully saturated rings. The highest BCUT2D eigenvalue weighted by atomic mass is 16.6. The molecular weight excluding hydrogens is 222 g/mol. The Hall–Kier alpha value is -1.07. The highest BCUT2D eigenvalue weighted by molar-refractivity contribution is 5.66. The molecule has 1 N–H and O–H groups in total. The number of carboxylic acid groups (broad SMARTS) is 1. The number of hydrogen-bond donors (Lipinski definition) is 1. The Morgan fingerprint density at radius 1 is 1.71 bits per heavy atom. The summed E-state index contributed by atoms with van der Waals surface area (Å²) in [5.41, 5.74) is -0.472. The molecule has 0 unspecified atom stereocenters. The first-order valence-electron chi connectivity index (χ1n) is 5.70. The van der Waals surface area contributed by atoms with Crippen LogP contribution in [0, 0.1) is 0 Å². The lowest BCUT2D eigenvalue weighted by molar-refractivity contribution is 0.0163. The van der Waals surface area contributed by atoms with Crippen LogP contribution in [0.5, 0.6) is 0 Å². The minimum absolute atomic E-state index is 0.0462. The topological polar surface area (TPSA) is 62.3 Å². The van der Waals surface area contributed by atoms with E-state index in [0.29, 0.717) is 19.8 Å². The van der Waals surface area contributed by atoms with Crippen LogP contribution < -0.4 is 0 Å².